The van der Waals surface area contributed by atoms with Crippen LogP contribution in [0.1, 0.15) is 35.8 Å². The molecule has 24 heavy (non-hydrogen) atoms. The van der Waals surface area contributed by atoms with Crippen molar-refractivity contribution in [2.45, 2.75) is 26.5 Å². The maximum Gasteiger partial charge on any atom is 0.387 e. The first-order valence-corrected chi connectivity index (χ1v) is 7.48. The first-order chi connectivity index (χ1) is 11.4. The average Bonchev–Trinajstić information content (AvgIpc) is 2.53. The van der Waals surface area contributed by atoms with Crippen LogP contribution in [0.4, 0.5) is 13.2 Å². The summed E-state index contributed by atoms with van der Waals surface area (Å²) >= 11 is 0. The monoisotopic (exact) mass is 337 g/mol. The van der Waals surface area contributed by atoms with Gasteiger partial charge in [0.2, 0.25) is 0 Å². The number of ether oxygens (including phenoxy) is 1. The second-order valence-electron chi connectivity index (χ2n) is 5.65. The molecule has 0 radical (unpaired) electrons. The summed E-state index contributed by atoms with van der Waals surface area (Å²) in [6.45, 7) is 0.890. The minimum Gasteiger partial charge on any atom is -0.435 e. The highest BCUT2D eigenvalue weighted by molar-refractivity contribution is 5.94. The number of halogens is 3. The van der Waals surface area contributed by atoms with Crippen LogP contribution in [0.25, 0.3) is 0 Å². The minimum absolute atomic E-state index is 0.0555. The Morgan fingerprint density at radius 3 is 2.33 bits per heavy atom. The number of hydrogen-bond acceptors (Lipinski definition) is 2. The van der Waals surface area contributed by atoms with Gasteiger partial charge in [-0.05, 0) is 41.8 Å². The maximum absolute atomic E-state index is 13.1. The second kappa shape index (κ2) is 7.86. The molecule has 0 heterocycles. The zero-order valence-corrected chi connectivity index (χ0v) is 13.3. The van der Waals surface area contributed by atoms with Gasteiger partial charge < -0.3 is 10.1 Å². The molecule has 0 spiro atoms. The molecule has 1 atom stereocenters. The summed E-state index contributed by atoms with van der Waals surface area (Å²) in [5, 5.41) is 2.84. The molecular weight excluding hydrogens is 319 g/mol. The van der Waals surface area contributed by atoms with Crippen LogP contribution in [0.5, 0.6) is 5.75 Å². The number of carbonyl (C=O) groups is 1. The van der Waals surface area contributed by atoms with Crippen LogP contribution in [-0.4, -0.2) is 12.5 Å². The lowest BCUT2D eigenvalue weighted by atomic mass is 9.95. The highest BCUT2D eigenvalue weighted by Gasteiger charge is 2.19. The summed E-state index contributed by atoms with van der Waals surface area (Å²) in [7, 11) is 0. The molecule has 1 amide bonds. The number of alkyl halides is 2. The van der Waals surface area contributed by atoms with Crippen molar-refractivity contribution in [1.82, 2.24) is 5.32 Å². The Morgan fingerprint density at radius 2 is 1.75 bits per heavy atom. The number of carbonyl (C=O) groups excluding carboxylic acids is 1. The van der Waals surface area contributed by atoms with E-state index in [2.05, 4.69) is 10.1 Å². The molecule has 2 aromatic carbocycles. The van der Waals surface area contributed by atoms with Gasteiger partial charge in [-0.1, -0.05) is 32.0 Å². The van der Waals surface area contributed by atoms with E-state index < -0.39 is 12.5 Å². The second-order valence-corrected chi connectivity index (χ2v) is 5.65. The Hall–Kier alpha value is -2.50. The molecule has 128 valence electrons. The Kier molecular flexibility index (Phi) is 5.84. The zero-order valence-electron chi connectivity index (χ0n) is 13.3. The summed E-state index contributed by atoms with van der Waals surface area (Å²) in [6, 6.07) is 11.1. The van der Waals surface area contributed by atoms with Gasteiger partial charge in [-0.3, -0.25) is 4.79 Å². The fourth-order valence-electron chi connectivity index (χ4n) is 2.34. The van der Waals surface area contributed by atoms with Crippen molar-refractivity contribution in [3.05, 3.63) is 65.5 Å². The predicted octanol–water partition coefficient (Wildman–Crippen LogP) is 4.55. The number of nitrogens with one attached hydrogen (secondary N) is 1. The van der Waals surface area contributed by atoms with Crippen LogP contribution in [0.15, 0.2) is 48.5 Å². The molecule has 0 saturated heterocycles. The van der Waals surface area contributed by atoms with Gasteiger partial charge in [0.15, 0.2) is 0 Å². The van der Waals surface area contributed by atoms with Crippen LogP contribution in [0.3, 0.4) is 0 Å². The highest BCUT2D eigenvalue weighted by Crippen LogP contribution is 2.23. The number of amides is 1. The van der Waals surface area contributed by atoms with Crippen molar-refractivity contribution in [3.8, 4) is 5.75 Å². The average molecular weight is 337 g/mol. The molecule has 0 aliphatic heterocycles. The molecule has 0 bridgehead atoms. The van der Waals surface area contributed by atoms with Gasteiger partial charge in [-0.25, -0.2) is 4.39 Å². The van der Waals surface area contributed by atoms with Gasteiger partial charge in [0.05, 0.1) is 6.04 Å². The molecule has 0 saturated carbocycles. The molecular formula is C18H18F3NO2. The Morgan fingerprint density at radius 1 is 1.08 bits per heavy atom. The molecule has 6 heteroatoms. The lowest BCUT2D eigenvalue weighted by Gasteiger charge is -2.23. The third kappa shape index (κ3) is 4.75. The lowest BCUT2D eigenvalue weighted by Crippen LogP contribution is -2.31. The van der Waals surface area contributed by atoms with E-state index in [4.69, 9.17) is 0 Å². The molecule has 1 N–H and O–H groups in total. The van der Waals surface area contributed by atoms with Crippen LogP contribution in [0, 0.1) is 11.7 Å². The Bertz CT molecular complexity index is 687. The predicted molar refractivity (Wildman–Crippen MR) is 84.5 cm³/mol. The van der Waals surface area contributed by atoms with Gasteiger partial charge in [-0.2, -0.15) is 8.78 Å². The molecule has 2 aromatic rings. The van der Waals surface area contributed by atoms with Gasteiger partial charge in [-0.15, -0.1) is 0 Å². The Labute approximate surface area is 138 Å². The number of rotatable bonds is 6. The van der Waals surface area contributed by atoms with E-state index in [1.165, 1.54) is 36.4 Å². The fourth-order valence-corrected chi connectivity index (χ4v) is 2.34. The molecule has 1 unspecified atom stereocenters. The summed E-state index contributed by atoms with van der Waals surface area (Å²) in [6.07, 6.45) is 0. The van der Waals surface area contributed by atoms with Crippen molar-refractivity contribution in [3.63, 3.8) is 0 Å². The molecule has 2 rings (SSSR count). The van der Waals surface area contributed by atoms with E-state index in [0.717, 1.165) is 5.56 Å². The summed E-state index contributed by atoms with van der Waals surface area (Å²) in [4.78, 5) is 12.4. The van der Waals surface area contributed by atoms with E-state index in [1.807, 2.05) is 13.8 Å². The first kappa shape index (κ1) is 17.8. The number of benzene rings is 2. The van der Waals surface area contributed by atoms with Crippen LogP contribution in [0.2, 0.25) is 0 Å². The van der Waals surface area contributed by atoms with E-state index in [1.54, 1.807) is 12.1 Å². The van der Waals surface area contributed by atoms with E-state index in [9.17, 15) is 18.0 Å². The highest BCUT2D eigenvalue weighted by atomic mass is 19.3. The molecule has 0 aliphatic rings. The standard InChI is InChI=1S/C18H18F3NO2/c1-11(2)16(12-6-8-14(19)9-7-12)22-17(23)13-4-3-5-15(10-13)24-18(20)21/h3-11,16,18H,1-2H3,(H,22,23). The first-order valence-electron chi connectivity index (χ1n) is 7.48. The zero-order chi connectivity index (χ0) is 17.7. The lowest BCUT2D eigenvalue weighted by molar-refractivity contribution is -0.0498. The van der Waals surface area contributed by atoms with Crippen LogP contribution >= 0.6 is 0 Å². The van der Waals surface area contributed by atoms with Crippen molar-refractivity contribution in [2.75, 3.05) is 0 Å². The summed E-state index contributed by atoms with van der Waals surface area (Å²) in [5.41, 5.74) is 0.973. The fraction of sp³-hybridized carbons (Fsp3) is 0.278. The van der Waals surface area contributed by atoms with E-state index >= 15 is 0 Å². The van der Waals surface area contributed by atoms with Gasteiger partial charge in [0.25, 0.3) is 5.91 Å². The van der Waals surface area contributed by atoms with Crippen molar-refractivity contribution in [1.29, 1.82) is 0 Å². The van der Waals surface area contributed by atoms with Crippen LogP contribution in [-0.2, 0) is 0 Å². The van der Waals surface area contributed by atoms with Gasteiger partial charge in [0.1, 0.15) is 11.6 Å². The molecule has 0 fully saturated rings. The van der Waals surface area contributed by atoms with Crippen molar-refractivity contribution < 1.29 is 22.7 Å². The largest absolute Gasteiger partial charge is 0.435 e. The quantitative estimate of drug-likeness (QED) is 0.839. The summed E-state index contributed by atoms with van der Waals surface area (Å²) in [5.74, 6) is -0.803. The van der Waals surface area contributed by atoms with Gasteiger partial charge >= 0.3 is 6.61 Å². The summed E-state index contributed by atoms with van der Waals surface area (Å²) < 4.78 is 41.9. The maximum atomic E-state index is 13.1. The molecule has 0 aliphatic carbocycles. The Balaban J connectivity index is 2.17. The van der Waals surface area contributed by atoms with Crippen molar-refractivity contribution >= 4 is 5.91 Å². The van der Waals surface area contributed by atoms with Crippen LogP contribution < -0.4 is 10.1 Å². The SMILES string of the molecule is CC(C)C(NC(=O)c1cccc(OC(F)F)c1)c1ccc(F)cc1. The normalized spacial score (nSPS) is 12.3. The number of hydrogen-bond donors (Lipinski definition) is 1. The smallest absolute Gasteiger partial charge is 0.387 e. The topological polar surface area (TPSA) is 38.3 Å². The van der Waals surface area contributed by atoms with E-state index in [0.29, 0.717) is 0 Å². The minimum atomic E-state index is -2.95. The van der Waals surface area contributed by atoms with Crippen molar-refractivity contribution in [2.24, 2.45) is 5.92 Å². The molecule has 3 nitrogen and oxygen atoms in total. The van der Waals surface area contributed by atoms with Gasteiger partial charge in [0, 0.05) is 5.56 Å². The molecule has 0 aromatic heterocycles. The van der Waals surface area contributed by atoms with E-state index in [-0.39, 0.29) is 29.1 Å². The third-order valence-electron chi connectivity index (χ3n) is 3.50. The third-order valence-corrected chi connectivity index (χ3v) is 3.50.